The molecule has 1 unspecified atom stereocenters. The zero-order valence-corrected chi connectivity index (χ0v) is 14.3. The number of benzene rings is 1. The smallest absolute Gasteiger partial charge is 0.226 e. The Bertz CT molecular complexity index is 534. The van der Waals surface area contributed by atoms with E-state index in [1.807, 2.05) is 32.0 Å². The number of amides is 1. The number of hydrogen-bond donors (Lipinski definition) is 1. The van der Waals surface area contributed by atoms with E-state index in [1.165, 1.54) is 0 Å². The van der Waals surface area contributed by atoms with Gasteiger partial charge in [-0.2, -0.15) is 0 Å². The summed E-state index contributed by atoms with van der Waals surface area (Å²) in [5.74, 6) is 1.11. The van der Waals surface area contributed by atoms with E-state index < -0.39 is 4.33 Å². The third-order valence-electron chi connectivity index (χ3n) is 3.46. The Morgan fingerprint density at radius 1 is 1.27 bits per heavy atom. The molecule has 0 radical (unpaired) electrons. The summed E-state index contributed by atoms with van der Waals surface area (Å²) in [5, 5.41) is 2.86. The molecule has 0 heterocycles. The molecule has 1 aliphatic rings. The summed E-state index contributed by atoms with van der Waals surface area (Å²) in [6.45, 7) is 5.58. The minimum atomic E-state index is -0.870. The molecule has 4 nitrogen and oxygen atoms in total. The Hall–Kier alpha value is -1.13. The lowest BCUT2D eigenvalue weighted by molar-refractivity contribution is -0.122. The molecular formula is C16H21Cl2NO3. The molecule has 1 saturated carbocycles. The molecule has 22 heavy (non-hydrogen) atoms. The molecule has 0 bridgehead atoms. The zero-order valence-electron chi connectivity index (χ0n) is 12.8. The van der Waals surface area contributed by atoms with Gasteiger partial charge in [0.2, 0.25) is 5.91 Å². The van der Waals surface area contributed by atoms with Crippen molar-refractivity contribution in [3.8, 4) is 11.5 Å². The predicted molar refractivity (Wildman–Crippen MR) is 88.0 cm³/mol. The number of rotatable bonds is 8. The van der Waals surface area contributed by atoms with E-state index in [0.717, 1.165) is 17.1 Å². The van der Waals surface area contributed by atoms with Crippen LogP contribution < -0.4 is 14.8 Å². The second-order valence-corrected chi connectivity index (χ2v) is 6.75. The minimum absolute atomic E-state index is 0.0824. The van der Waals surface area contributed by atoms with Gasteiger partial charge < -0.3 is 14.8 Å². The summed E-state index contributed by atoms with van der Waals surface area (Å²) in [6, 6.07) is 5.82. The molecule has 1 N–H and O–H groups in total. The van der Waals surface area contributed by atoms with Gasteiger partial charge in [-0.25, -0.2) is 0 Å². The van der Waals surface area contributed by atoms with Gasteiger partial charge >= 0.3 is 0 Å². The van der Waals surface area contributed by atoms with Gasteiger partial charge in [0, 0.05) is 6.54 Å². The summed E-state index contributed by atoms with van der Waals surface area (Å²) in [4.78, 5) is 11.8. The van der Waals surface area contributed by atoms with Crippen molar-refractivity contribution in [3.63, 3.8) is 0 Å². The molecule has 1 fully saturated rings. The fourth-order valence-corrected chi connectivity index (χ4v) is 2.71. The SMILES string of the molecule is CCOc1ccc(CCNC(=O)C2CC2(Cl)Cl)cc1OCC. The molecule has 1 atom stereocenters. The summed E-state index contributed by atoms with van der Waals surface area (Å²) in [7, 11) is 0. The lowest BCUT2D eigenvalue weighted by Crippen LogP contribution is -2.28. The molecule has 0 aromatic heterocycles. The highest BCUT2D eigenvalue weighted by Gasteiger charge is 2.56. The van der Waals surface area contributed by atoms with Gasteiger partial charge in [0.25, 0.3) is 0 Å². The normalized spacial score (nSPS) is 18.6. The second kappa shape index (κ2) is 7.42. The second-order valence-electron chi connectivity index (χ2n) is 5.21. The lowest BCUT2D eigenvalue weighted by Gasteiger charge is -2.12. The first-order chi connectivity index (χ1) is 10.5. The van der Waals surface area contributed by atoms with Crippen LogP contribution in [0.5, 0.6) is 11.5 Å². The van der Waals surface area contributed by atoms with Crippen LogP contribution in [0.15, 0.2) is 18.2 Å². The van der Waals surface area contributed by atoms with Crippen molar-refractivity contribution in [2.45, 2.75) is 31.0 Å². The Morgan fingerprint density at radius 2 is 1.91 bits per heavy atom. The van der Waals surface area contributed by atoms with Crippen molar-refractivity contribution in [1.29, 1.82) is 0 Å². The largest absolute Gasteiger partial charge is 0.490 e. The monoisotopic (exact) mass is 345 g/mol. The van der Waals surface area contributed by atoms with Crippen molar-refractivity contribution >= 4 is 29.1 Å². The first-order valence-corrected chi connectivity index (χ1v) is 8.27. The molecule has 2 rings (SSSR count). The maximum absolute atomic E-state index is 11.8. The van der Waals surface area contributed by atoms with Crippen LogP contribution in [0.1, 0.15) is 25.8 Å². The predicted octanol–water partition coefficient (Wildman–Crippen LogP) is 3.34. The van der Waals surface area contributed by atoms with Crippen molar-refractivity contribution in [2.24, 2.45) is 5.92 Å². The Labute approximate surface area is 141 Å². The molecule has 0 saturated heterocycles. The molecule has 122 valence electrons. The molecule has 1 aromatic rings. The molecule has 6 heteroatoms. The van der Waals surface area contributed by atoms with Crippen LogP contribution in [0.4, 0.5) is 0 Å². The fourth-order valence-electron chi connectivity index (χ4n) is 2.20. The van der Waals surface area contributed by atoms with E-state index in [9.17, 15) is 4.79 Å². The third-order valence-corrected chi connectivity index (χ3v) is 4.30. The maximum Gasteiger partial charge on any atom is 0.226 e. The van der Waals surface area contributed by atoms with Crippen LogP contribution in [0, 0.1) is 5.92 Å². The van der Waals surface area contributed by atoms with E-state index >= 15 is 0 Å². The fraction of sp³-hybridized carbons (Fsp3) is 0.562. The van der Waals surface area contributed by atoms with Crippen LogP contribution in [-0.2, 0) is 11.2 Å². The summed E-state index contributed by atoms with van der Waals surface area (Å²) >= 11 is 11.7. The van der Waals surface area contributed by atoms with Crippen LogP contribution >= 0.6 is 23.2 Å². The van der Waals surface area contributed by atoms with Crippen LogP contribution in [0.3, 0.4) is 0 Å². The number of carbonyl (C=O) groups excluding carboxylic acids is 1. The maximum atomic E-state index is 11.8. The Balaban J connectivity index is 1.87. The summed E-state index contributed by atoms with van der Waals surface area (Å²) in [5.41, 5.74) is 1.08. The van der Waals surface area contributed by atoms with Gasteiger partial charge in [0.15, 0.2) is 11.5 Å². The molecule has 1 amide bonds. The third kappa shape index (κ3) is 4.43. The number of carbonyl (C=O) groups is 1. The van der Waals surface area contributed by atoms with E-state index in [-0.39, 0.29) is 11.8 Å². The Kier molecular flexibility index (Phi) is 5.81. The van der Waals surface area contributed by atoms with Gasteiger partial charge in [0.05, 0.1) is 19.1 Å². The van der Waals surface area contributed by atoms with Crippen molar-refractivity contribution in [3.05, 3.63) is 23.8 Å². The first kappa shape index (κ1) is 17.2. The van der Waals surface area contributed by atoms with E-state index in [1.54, 1.807) is 0 Å². The van der Waals surface area contributed by atoms with Crippen molar-refractivity contribution < 1.29 is 14.3 Å². The van der Waals surface area contributed by atoms with Gasteiger partial charge in [0.1, 0.15) is 4.33 Å². The lowest BCUT2D eigenvalue weighted by atomic mass is 10.1. The number of hydrogen-bond acceptors (Lipinski definition) is 3. The van der Waals surface area contributed by atoms with Gasteiger partial charge in [-0.15, -0.1) is 23.2 Å². The topological polar surface area (TPSA) is 47.6 Å². The Morgan fingerprint density at radius 3 is 2.50 bits per heavy atom. The summed E-state index contributed by atoms with van der Waals surface area (Å²) < 4.78 is 10.2. The van der Waals surface area contributed by atoms with Gasteiger partial charge in [-0.05, 0) is 44.4 Å². The van der Waals surface area contributed by atoms with E-state index in [0.29, 0.717) is 32.6 Å². The first-order valence-electron chi connectivity index (χ1n) is 7.52. The number of nitrogens with one attached hydrogen (secondary N) is 1. The van der Waals surface area contributed by atoms with Crippen LogP contribution in [0.25, 0.3) is 0 Å². The summed E-state index contributed by atoms with van der Waals surface area (Å²) in [6.07, 6.45) is 1.24. The van der Waals surface area contributed by atoms with E-state index in [4.69, 9.17) is 32.7 Å². The van der Waals surface area contributed by atoms with E-state index in [2.05, 4.69) is 5.32 Å². The average Bonchev–Trinajstić information content (AvgIpc) is 3.11. The average molecular weight is 346 g/mol. The number of ether oxygens (including phenoxy) is 2. The standard InChI is InChI=1S/C16H21Cl2NO3/c1-3-21-13-6-5-11(9-14(13)22-4-2)7-8-19-15(20)12-10-16(12,17)18/h5-6,9,12H,3-4,7-8,10H2,1-2H3,(H,19,20). The molecule has 0 aliphatic heterocycles. The molecular weight excluding hydrogens is 325 g/mol. The van der Waals surface area contributed by atoms with Gasteiger partial charge in [-0.1, -0.05) is 6.07 Å². The van der Waals surface area contributed by atoms with Crippen LogP contribution in [0.2, 0.25) is 0 Å². The van der Waals surface area contributed by atoms with Crippen molar-refractivity contribution in [2.75, 3.05) is 19.8 Å². The minimum Gasteiger partial charge on any atom is -0.490 e. The van der Waals surface area contributed by atoms with Gasteiger partial charge in [-0.3, -0.25) is 4.79 Å². The number of halogens is 2. The quantitative estimate of drug-likeness (QED) is 0.735. The molecule has 1 aliphatic carbocycles. The highest BCUT2D eigenvalue weighted by molar-refractivity contribution is 6.52. The van der Waals surface area contributed by atoms with Crippen LogP contribution in [-0.4, -0.2) is 30.0 Å². The highest BCUT2D eigenvalue weighted by Crippen LogP contribution is 2.53. The molecule has 0 spiro atoms. The molecule has 1 aromatic carbocycles. The number of alkyl halides is 2. The highest BCUT2D eigenvalue weighted by atomic mass is 35.5. The van der Waals surface area contributed by atoms with Crippen molar-refractivity contribution in [1.82, 2.24) is 5.32 Å². The zero-order chi connectivity index (χ0) is 16.2.